The molecule has 198 valence electrons. The summed E-state index contributed by atoms with van der Waals surface area (Å²) in [5.74, 6) is 0.828. The number of amides is 2. The third-order valence-electron chi connectivity index (χ3n) is 7.79. The first-order valence-corrected chi connectivity index (χ1v) is 13.7. The molecule has 1 saturated carbocycles. The van der Waals surface area contributed by atoms with Crippen molar-refractivity contribution in [2.24, 2.45) is 5.92 Å². The van der Waals surface area contributed by atoms with E-state index in [1.165, 1.54) is 6.92 Å². The van der Waals surface area contributed by atoms with Crippen LogP contribution in [0.15, 0.2) is 59.6 Å². The number of hydrogen-bond acceptors (Lipinski definition) is 6. The zero-order chi connectivity index (χ0) is 27.3. The summed E-state index contributed by atoms with van der Waals surface area (Å²) in [6.07, 6.45) is 7.90. The monoisotopic (exact) mass is 586 g/mol. The minimum Gasteiger partial charge on any atom is -0.337 e. The van der Waals surface area contributed by atoms with Gasteiger partial charge in [0.2, 0.25) is 11.8 Å². The van der Waals surface area contributed by atoms with Gasteiger partial charge in [0.1, 0.15) is 28.8 Å². The predicted octanol–water partition coefficient (Wildman–Crippen LogP) is 4.79. The molecule has 1 aromatic carbocycles. The average Bonchev–Trinajstić information content (AvgIpc) is 3.62. The Balaban J connectivity index is 1.29. The van der Waals surface area contributed by atoms with Gasteiger partial charge < -0.3 is 14.8 Å². The molecule has 2 amide bonds. The standard InChI is InChI=1S/C29H27BrN6O3/c1-16(37)23-14-35(24-9-7-18(11-22(23)24)20-12-31-17(2)32-13-20)15-27(38)36-21-8-6-19(10-21)28(36)29(39)34-26-5-3-4-25(30)33-26/h3-5,7,9,11-14,19,21,28H,6,8,10,15H2,1-2H3,(H,33,34,39)/t19?,21?,28-/m0/s1. The summed E-state index contributed by atoms with van der Waals surface area (Å²) < 4.78 is 2.45. The molecule has 4 heterocycles. The summed E-state index contributed by atoms with van der Waals surface area (Å²) in [5, 5.41) is 3.67. The number of nitrogens with one attached hydrogen (secondary N) is 1. The summed E-state index contributed by atoms with van der Waals surface area (Å²) in [7, 11) is 0. The minimum absolute atomic E-state index is 0.0379. The predicted molar refractivity (Wildman–Crippen MR) is 150 cm³/mol. The highest BCUT2D eigenvalue weighted by atomic mass is 79.9. The zero-order valence-corrected chi connectivity index (χ0v) is 23.2. The molecule has 3 atom stereocenters. The Morgan fingerprint density at radius 1 is 1.08 bits per heavy atom. The number of Topliss-reactive ketones (excluding diaryl/α,β-unsaturated/α-hetero) is 1. The number of piperidine rings is 1. The van der Waals surface area contributed by atoms with Gasteiger partial charge in [-0.05, 0) is 84.8 Å². The molecular formula is C29H27BrN6O3. The van der Waals surface area contributed by atoms with Gasteiger partial charge in [-0.3, -0.25) is 14.4 Å². The van der Waals surface area contributed by atoms with Gasteiger partial charge in [0.15, 0.2) is 5.78 Å². The van der Waals surface area contributed by atoms with Crippen molar-refractivity contribution in [3.63, 3.8) is 0 Å². The lowest BCUT2D eigenvalue weighted by Crippen LogP contribution is -2.51. The van der Waals surface area contributed by atoms with E-state index >= 15 is 0 Å². The van der Waals surface area contributed by atoms with Crippen LogP contribution in [0.1, 0.15) is 42.4 Å². The molecule has 0 radical (unpaired) electrons. The number of rotatable bonds is 6. The molecule has 0 spiro atoms. The van der Waals surface area contributed by atoms with Gasteiger partial charge in [-0.15, -0.1) is 0 Å². The van der Waals surface area contributed by atoms with Gasteiger partial charge >= 0.3 is 0 Å². The van der Waals surface area contributed by atoms with Crippen LogP contribution in [0.2, 0.25) is 0 Å². The maximum absolute atomic E-state index is 13.8. The number of aryl methyl sites for hydroxylation is 1. The minimum atomic E-state index is -0.542. The van der Waals surface area contributed by atoms with E-state index < -0.39 is 6.04 Å². The highest BCUT2D eigenvalue weighted by molar-refractivity contribution is 9.10. The van der Waals surface area contributed by atoms with E-state index in [1.807, 2.05) is 29.7 Å². The lowest BCUT2D eigenvalue weighted by atomic mass is 9.97. The number of benzene rings is 1. The third-order valence-corrected chi connectivity index (χ3v) is 8.23. The number of fused-ring (bicyclic) bond motifs is 3. The summed E-state index contributed by atoms with van der Waals surface area (Å²) in [6.45, 7) is 3.40. The number of aromatic nitrogens is 4. The van der Waals surface area contributed by atoms with Gasteiger partial charge in [-0.2, -0.15) is 0 Å². The first-order valence-electron chi connectivity index (χ1n) is 13.0. The van der Waals surface area contributed by atoms with Gasteiger partial charge in [0.05, 0.1) is 0 Å². The van der Waals surface area contributed by atoms with Crippen molar-refractivity contribution in [2.45, 2.75) is 51.7 Å². The maximum Gasteiger partial charge on any atom is 0.248 e. The smallest absolute Gasteiger partial charge is 0.248 e. The number of nitrogens with zero attached hydrogens (tertiary/aromatic N) is 5. The number of carbonyl (C=O) groups excluding carboxylic acids is 3. The SMILES string of the molecule is CC(=O)c1cn(CC(=O)N2C3CCC(C3)[C@H]2C(=O)Nc2cccc(Br)n2)c2ccc(-c3cnc(C)nc3)cc12. The summed E-state index contributed by atoms with van der Waals surface area (Å²) in [4.78, 5) is 54.3. The van der Waals surface area contributed by atoms with Gasteiger partial charge in [0, 0.05) is 46.7 Å². The van der Waals surface area contributed by atoms with Crippen LogP contribution >= 0.6 is 15.9 Å². The van der Waals surface area contributed by atoms with Crippen LogP contribution in [0.3, 0.4) is 0 Å². The van der Waals surface area contributed by atoms with Crippen LogP contribution in [0, 0.1) is 12.8 Å². The number of hydrogen-bond donors (Lipinski definition) is 1. The highest BCUT2D eigenvalue weighted by Crippen LogP contribution is 2.43. The molecule has 6 rings (SSSR count). The third kappa shape index (κ3) is 4.73. The fourth-order valence-corrected chi connectivity index (χ4v) is 6.36. The molecule has 9 nitrogen and oxygen atoms in total. The van der Waals surface area contributed by atoms with Gasteiger partial charge in [0.25, 0.3) is 0 Å². The van der Waals surface area contributed by atoms with E-state index in [2.05, 4.69) is 36.2 Å². The summed E-state index contributed by atoms with van der Waals surface area (Å²) >= 11 is 3.33. The first-order chi connectivity index (χ1) is 18.8. The van der Waals surface area contributed by atoms with E-state index in [-0.39, 0.29) is 36.1 Å². The lowest BCUT2D eigenvalue weighted by Gasteiger charge is -2.34. The normalized spacial score (nSPS) is 20.0. The number of pyridine rings is 1. The Kier molecular flexibility index (Phi) is 6.50. The fraction of sp³-hybridized carbons (Fsp3) is 0.310. The Labute approximate surface area is 233 Å². The van der Waals surface area contributed by atoms with E-state index in [9.17, 15) is 14.4 Å². The number of halogens is 1. The van der Waals surface area contributed by atoms with Crippen molar-refractivity contribution in [1.29, 1.82) is 0 Å². The van der Waals surface area contributed by atoms with Gasteiger partial charge in [-0.1, -0.05) is 12.1 Å². The van der Waals surface area contributed by atoms with Crippen molar-refractivity contribution in [1.82, 2.24) is 24.4 Å². The van der Waals surface area contributed by atoms with Crippen LogP contribution in [-0.2, 0) is 16.1 Å². The van der Waals surface area contributed by atoms with Crippen LogP contribution in [-0.4, -0.2) is 54.1 Å². The number of likely N-dealkylation sites (tertiary alicyclic amines) is 1. The molecule has 10 heteroatoms. The number of anilines is 1. The second kappa shape index (κ2) is 10.00. The maximum atomic E-state index is 13.8. The van der Waals surface area contributed by atoms with Crippen molar-refractivity contribution >= 4 is 50.2 Å². The van der Waals surface area contributed by atoms with Crippen LogP contribution < -0.4 is 5.32 Å². The second-order valence-corrected chi connectivity index (χ2v) is 11.1. The molecule has 2 aliphatic rings. The quantitative estimate of drug-likeness (QED) is 0.257. The summed E-state index contributed by atoms with van der Waals surface area (Å²) in [6, 6.07) is 10.6. The van der Waals surface area contributed by atoms with Crippen molar-refractivity contribution in [2.75, 3.05) is 5.32 Å². The molecule has 39 heavy (non-hydrogen) atoms. The molecule has 4 aromatic rings. The van der Waals surface area contributed by atoms with Crippen LogP contribution in [0.5, 0.6) is 0 Å². The molecule has 3 aromatic heterocycles. The van der Waals surface area contributed by atoms with Crippen molar-refractivity contribution in [3.05, 3.63) is 71.0 Å². The highest BCUT2D eigenvalue weighted by Gasteiger charge is 2.51. The Morgan fingerprint density at radius 2 is 1.87 bits per heavy atom. The molecule has 1 saturated heterocycles. The number of carbonyl (C=O) groups is 3. The Morgan fingerprint density at radius 3 is 2.62 bits per heavy atom. The molecule has 2 bridgehead atoms. The topological polar surface area (TPSA) is 110 Å². The van der Waals surface area contributed by atoms with E-state index in [0.29, 0.717) is 21.8 Å². The van der Waals surface area contributed by atoms with Crippen molar-refractivity contribution < 1.29 is 14.4 Å². The molecule has 1 aliphatic carbocycles. The first kappa shape index (κ1) is 25.4. The van der Waals surface area contributed by atoms with Gasteiger partial charge in [-0.25, -0.2) is 15.0 Å². The molecule has 2 fully saturated rings. The van der Waals surface area contributed by atoms with Crippen LogP contribution in [0.25, 0.3) is 22.0 Å². The largest absolute Gasteiger partial charge is 0.337 e. The molecule has 1 aliphatic heterocycles. The summed E-state index contributed by atoms with van der Waals surface area (Å²) in [5.41, 5.74) is 3.08. The fourth-order valence-electron chi connectivity index (χ4n) is 6.02. The van der Waals surface area contributed by atoms with E-state index in [1.54, 1.807) is 41.7 Å². The second-order valence-electron chi connectivity index (χ2n) is 10.3. The van der Waals surface area contributed by atoms with E-state index in [0.717, 1.165) is 41.3 Å². The molecule has 2 unspecified atom stereocenters. The van der Waals surface area contributed by atoms with E-state index in [4.69, 9.17) is 0 Å². The van der Waals surface area contributed by atoms with Crippen molar-refractivity contribution in [3.8, 4) is 11.1 Å². The Hall–Kier alpha value is -3.92. The Bertz CT molecular complexity index is 1620. The molecule has 1 N–H and O–H groups in total. The molecular weight excluding hydrogens is 560 g/mol. The van der Waals surface area contributed by atoms with Crippen LogP contribution in [0.4, 0.5) is 5.82 Å². The lowest BCUT2D eigenvalue weighted by molar-refractivity contribution is -0.141. The number of ketones is 1. The average molecular weight is 587 g/mol. The zero-order valence-electron chi connectivity index (χ0n) is 21.6.